The van der Waals surface area contributed by atoms with Crippen LogP contribution in [0.5, 0.6) is 11.5 Å². The first-order valence-electron chi connectivity index (χ1n) is 8.81. The Morgan fingerprint density at radius 3 is 2.74 bits per heavy atom. The number of benzene rings is 2. The molecule has 1 amide bonds. The zero-order chi connectivity index (χ0) is 19.1. The van der Waals surface area contributed by atoms with E-state index in [4.69, 9.17) is 9.47 Å². The molecule has 6 nitrogen and oxygen atoms in total. The van der Waals surface area contributed by atoms with Crippen molar-refractivity contribution in [2.75, 3.05) is 20.8 Å². The summed E-state index contributed by atoms with van der Waals surface area (Å²) in [6.07, 6.45) is 4.86. The molecule has 0 bridgehead atoms. The number of aromatic nitrogens is 2. The van der Waals surface area contributed by atoms with Crippen LogP contribution in [-0.2, 0) is 11.2 Å². The Hall–Kier alpha value is -3.28. The van der Waals surface area contributed by atoms with Gasteiger partial charge in [-0.1, -0.05) is 18.2 Å². The monoisotopic (exact) mass is 365 g/mol. The third kappa shape index (κ3) is 4.88. The van der Waals surface area contributed by atoms with Gasteiger partial charge in [0.2, 0.25) is 5.91 Å². The van der Waals surface area contributed by atoms with E-state index in [0.717, 1.165) is 35.3 Å². The van der Waals surface area contributed by atoms with E-state index in [-0.39, 0.29) is 5.91 Å². The number of hydrogen-bond acceptors (Lipinski definition) is 4. The van der Waals surface area contributed by atoms with E-state index in [1.165, 1.54) is 6.08 Å². The van der Waals surface area contributed by atoms with E-state index in [0.29, 0.717) is 18.0 Å². The number of carbonyl (C=O) groups excluding carboxylic acids is 1. The zero-order valence-corrected chi connectivity index (χ0v) is 15.5. The summed E-state index contributed by atoms with van der Waals surface area (Å²) in [5.41, 5.74) is 2.87. The number of aromatic amines is 1. The lowest BCUT2D eigenvalue weighted by molar-refractivity contribution is -0.116. The first-order valence-corrected chi connectivity index (χ1v) is 8.81. The number of hydrogen-bond donors (Lipinski definition) is 2. The quantitative estimate of drug-likeness (QED) is 0.474. The lowest BCUT2D eigenvalue weighted by Crippen LogP contribution is -2.22. The minimum absolute atomic E-state index is 0.130. The molecule has 1 aromatic heterocycles. The SMILES string of the molecule is COc1ccc(/C=C/C(=O)NCCCc2nc3ccccc3[nH]2)cc1OC. The van der Waals surface area contributed by atoms with Gasteiger partial charge >= 0.3 is 0 Å². The summed E-state index contributed by atoms with van der Waals surface area (Å²) in [4.78, 5) is 19.8. The Balaban J connectivity index is 1.46. The van der Waals surface area contributed by atoms with Crippen molar-refractivity contribution < 1.29 is 14.3 Å². The van der Waals surface area contributed by atoms with E-state index < -0.39 is 0 Å². The predicted octanol–water partition coefficient (Wildman–Crippen LogP) is 3.34. The molecule has 0 aliphatic heterocycles. The van der Waals surface area contributed by atoms with Crippen LogP contribution < -0.4 is 14.8 Å². The minimum atomic E-state index is -0.130. The van der Waals surface area contributed by atoms with Gasteiger partial charge in [0.15, 0.2) is 11.5 Å². The molecule has 3 aromatic rings. The van der Waals surface area contributed by atoms with Gasteiger partial charge in [-0.05, 0) is 42.3 Å². The van der Waals surface area contributed by atoms with Gasteiger partial charge in [0.05, 0.1) is 25.3 Å². The standard InChI is InChI=1S/C21H23N3O3/c1-26-18-11-9-15(14-19(18)27-2)10-12-21(25)22-13-5-8-20-23-16-6-3-4-7-17(16)24-20/h3-4,6-7,9-12,14H,5,8,13H2,1-2H3,(H,22,25)(H,23,24)/b12-10+. The molecule has 0 saturated heterocycles. The Bertz CT molecular complexity index is 914. The van der Waals surface area contributed by atoms with E-state index >= 15 is 0 Å². The Kier molecular flexibility index (Phi) is 6.10. The van der Waals surface area contributed by atoms with Gasteiger partial charge in [-0.3, -0.25) is 4.79 Å². The molecule has 0 aliphatic rings. The maximum Gasteiger partial charge on any atom is 0.243 e. The second kappa shape index (κ2) is 8.89. The molecule has 140 valence electrons. The number of imidazole rings is 1. The van der Waals surface area contributed by atoms with Crippen molar-refractivity contribution in [3.05, 3.63) is 59.9 Å². The van der Waals surface area contributed by atoms with Crippen molar-refractivity contribution in [1.82, 2.24) is 15.3 Å². The molecule has 2 N–H and O–H groups in total. The fraction of sp³-hybridized carbons (Fsp3) is 0.238. The van der Waals surface area contributed by atoms with Crippen molar-refractivity contribution in [3.8, 4) is 11.5 Å². The molecule has 0 spiro atoms. The molecule has 3 rings (SSSR count). The second-order valence-corrected chi connectivity index (χ2v) is 6.04. The summed E-state index contributed by atoms with van der Waals surface area (Å²) in [6.45, 7) is 0.589. The van der Waals surface area contributed by atoms with Gasteiger partial charge in [-0.25, -0.2) is 4.98 Å². The average Bonchev–Trinajstić information content (AvgIpc) is 3.12. The van der Waals surface area contributed by atoms with Crippen LogP contribution in [-0.4, -0.2) is 36.6 Å². The Labute approximate surface area is 158 Å². The van der Waals surface area contributed by atoms with Crippen LogP contribution in [0.25, 0.3) is 17.1 Å². The van der Waals surface area contributed by atoms with Gasteiger partial charge in [0.25, 0.3) is 0 Å². The average molecular weight is 365 g/mol. The number of aryl methyl sites for hydroxylation is 1. The largest absolute Gasteiger partial charge is 0.493 e. The van der Waals surface area contributed by atoms with Crippen LogP contribution in [0.3, 0.4) is 0 Å². The van der Waals surface area contributed by atoms with Crippen LogP contribution in [0.1, 0.15) is 17.8 Å². The van der Waals surface area contributed by atoms with Crippen molar-refractivity contribution in [1.29, 1.82) is 0 Å². The van der Waals surface area contributed by atoms with Crippen molar-refractivity contribution in [3.63, 3.8) is 0 Å². The van der Waals surface area contributed by atoms with Gasteiger partial charge < -0.3 is 19.8 Å². The minimum Gasteiger partial charge on any atom is -0.493 e. The molecule has 2 aromatic carbocycles. The van der Waals surface area contributed by atoms with E-state index in [2.05, 4.69) is 15.3 Å². The number of para-hydroxylation sites is 2. The summed E-state index contributed by atoms with van der Waals surface area (Å²) in [5.74, 6) is 2.09. The van der Waals surface area contributed by atoms with E-state index in [9.17, 15) is 4.79 Å². The molecule has 0 saturated carbocycles. The van der Waals surface area contributed by atoms with Crippen LogP contribution in [0.15, 0.2) is 48.5 Å². The number of H-pyrrole nitrogens is 1. The Morgan fingerprint density at radius 1 is 1.15 bits per heavy atom. The van der Waals surface area contributed by atoms with Crippen LogP contribution in [0.2, 0.25) is 0 Å². The molecular formula is C21H23N3O3. The van der Waals surface area contributed by atoms with Crippen LogP contribution >= 0.6 is 0 Å². The van der Waals surface area contributed by atoms with Crippen molar-refractivity contribution in [2.45, 2.75) is 12.8 Å². The zero-order valence-electron chi connectivity index (χ0n) is 15.5. The number of nitrogens with zero attached hydrogens (tertiary/aromatic N) is 1. The molecule has 27 heavy (non-hydrogen) atoms. The topological polar surface area (TPSA) is 76.2 Å². The summed E-state index contributed by atoms with van der Waals surface area (Å²) in [7, 11) is 3.17. The Morgan fingerprint density at radius 2 is 1.96 bits per heavy atom. The third-order valence-electron chi connectivity index (χ3n) is 4.16. The molecule has 0 radical (unpaired) electrons. The fourth-order valence-corrected chi connectivity index (χ4v) is 2.78. The summed E-state index contributed by atoms with van der Waals surface area (Å²) < 4.78 is 10.5. The molecule has 0 aliphatic carbocycles. The fourth-order valence-electron chi connectivity index (χ4n) is 2.78. The number of carbonyl (C=O) groups is 1. The number of methoxy groups -OCH3 is 2. The first-order chi connectivity index (χ1) is 13.2. The summed E-state index contributed by atoms with van der Waals surface area (Å²) >= 11 is 0. The van der Waals surface area contributed by atoms with Gasteiger partial charge in [0.1, 0.15) is 5.82 Å². The molecule has 1 heterocycles. The van der Waals surface area contributed by atoms with Gasteiger partial charge in [-0.15, -0.1) is 0 Å². The highest BCUT2D eigenvalue weighted by molar-refractivity contribution is 5.91. The van der Waals surface area contributed by atoms with E-state index in [1.807, 2.05) is 42.5 Å². The maximum absolute atomic E-state index is 12.0. The normalized spacial score (nSPS) is 11.0. The molecule has 6 heteroatoms. The lowest BCUT2D eigenvalue weighted by atomic mass is 10.2. The van der Waals surface area contributed by atoms with Crippen molar-refractivity contribution in [2.24, 2.45) is 0 Å². The number of nitrogens with one attached hydrogen (secondary N) is 2. The highest BCUT2D eigenvalue weighted by Gasteiger charge is 2.04. The second-order valence-electron chi connectivity index (χ2n) is 6.04. The van der Waals surface area contributed by atoms with Crippen LogP contribution in [0, 0.1) is 0 Å². The lowest BCUT2D eigenvalue weighted by Gasteiger charge is -2.07. The van der Waals surface area contributed by atoms with Gasteiger partial charge in [-0.2, -0.15) is 0 Å². The first kappa shape index (κ1) is 18.5. The van der Waals surface area contributed by atoms with Crippen LogP contribution in [0.4, 0.5) is 0 Å². The van der Waals surface area contributed by atoms with Gasteiger partial charge in [0, 0.05) is 19.0 Å². The predicted molar refractivity (Wildman–Crippen MR) is 106 cm³/mol. The number of ether oxygens (including phenoxy) is 2. The third-order valence-corrected chi connectivity index (χ3v) is 4.16. The smallest absolute Gasteiger partial charge is 0.243 e. The maximum atomic E-state index is 12.0. The number of fused-ring (bicyclic) bond motifs is 1. The van der Waals surface area contributed by atoms with E-state index in [1.54, 1.807) is 20.3 Å². The molecule has 0 unspecified atom stereocenters. The molecule has 0 atom stereocenters. The highest BCUT2D eigenvalue weighted by Crippen LogP contribution is 2.27. The number of amides is 1. The summed E-state index contributed by atoms with van der Waals surface area (Å²) in [5, 5.41) is 2.88. The van der Waals surface area contributed by atoms with Crippen molar-refractivity contribution >= 4 is 23.0 Å². The summed E-state index contributed by atoms with van der Waals surface area (Å²) in [6, 6.07) is 13.4. The molecular weight excluding hydrogens is 342 g/mol. The molecule has 0 fully saturated rings. The number of rotatable bonds is 8. The highest BCUT2D eigenvalue weighted by atomic mass is 16.5.